The molecule has 1 aromatic carbocycles. The average molecular weight is 353 g/mol. The minimum absolute atomic E-state index is 0.114. The molecule has 1 aromatic rings. The van der Waals surface area contributed by atoms with Crippen LogP contribution in [0, 0.1) is 5.92 Å². The lowest BCUT2D eigenvalue weighted by molar-refractivity contribution is -0.141. The topological polar surface area (TPSA) is 42.0 Å². The third-order valence-corrected chi connectivity index (χ3v) is 4.88. The second-order valence-electron chi connectivity index (χ2n) is 6.38. The van der Waals surface area contributed by atoms with Gasteiger partial charge in [0.25, 0.3) is 0 Å². The van der Waals surface area contributed by atoms with E-state index in [4.69, 9.17) is 21.1 Å². The molecule has 1 atom stereocenters. The van der Waals surface area contributed by atoms with Crippen LogP contribution in [-0.4, -0.2) is 68.3 Å². The molecule has 2 heterocycles. The number of hydrogen-bond acceptors (Lipinski definition) is 4. The van der Waals surface area contributed by atoms with Crippen LogP contribution in [0.4, 0.5) is 0 Å². The van der Waals surface area contributed by atoms with Gasteiger partial charge in [-0.1, -0.05) is 17.7 Å². The number of morpholine rings is 1. The molecule has 0 spiro atoms. The van der Waals surface area contributed by atoms with Gasteiger partial charge in [-0.15, -0.1) is 0 Å². The van der Waals surface area contributed by atoms with Crippen molar-refractivity contribution < 1.29 is 14.3 Å². The van der Waals surface area contributed by atoms with Gasteiger partial charge in [-0.05, 0) is 37.6 Å². The Labute approximate surface area is 148 Å². The monoisotopic (exact) mass is 352 g/mol. The van der Waals surface area contributed by atoms with Gasteiger partial charge in [0.05, 0.1) is 19.1 Å². The second kappa shape index (κ2) is 8.70. The predicted molar refractivity (Wildman–Crippen MR) is 93.5 cm³/mol. The van der Waals surface area contributed by atoms with E-state index in [1.807, 2.05) is 29.2 Å². The standard InChI is InChI=1S/C18H25ClN2O3/c19-16-4-1-5-17(13-16)24-12-7-20-6-2-3-15(14-20)18(22)21-8-10-23-11-9-21/h1,4-5,13,15H,2-3,6-12,14H2. The Morgan fingerprint density at radius 1 is 1.29 bits per heavy atom. The number of ether oxygens (including phenoxy) is 2. The molecule has 5 nitrogen and oxygen atoms in total. The molecule has 1 amide bonds. The minimum Gasteiger partial charge on any atom is -0.492 e. The molecular weight excluding hydrogens is 328 g/mol. The van der Waals surface area contributed by atoms with Gasteiger partial charge in [-0.2, -0.15) is 0 Å². The van der Waals surface area contributed by atoms with Crippen molar-refractivity contribution in [1.29, 1.82) is 0 Å². The summed E-state index contributed by atoms with van der Waals surface area (Å²) in [6, 6.07) is 7.45. The number of hydrogen-bond donors (Lipinski definition) is 0. The molecule has 1 unspecified atom stereocenters. The van der Waals surface area contributed by atoms with Crippen molar-refractivity contribution >= 4 is 17.5 Å². The van der Waals surface area contributed by atoms with E-state index < -0.39 is 0 Å². The Balaban J connectivity index is 1.44. The Bertz CT molecular complexity index is 549. The van der Waals surface area contributed by atoms with Crippen LogP contribution >= 0.6 is 11.6 Å². The number of carbonyl (C=O) groups is 1. The van der Waals surface area contributed by atoms with E-state index in [0.717, 1.165) is 51.3 Å². The quantitative estimate of drug-likeness (QED) is 0.815. The van der Waals surface area contributed by atoms with Crippen molar-refractivity contribution in [2.24, 2.45) is 5.92 Å². The maximum Gasteiger partial charge on any atom is 0.227 e. The molecule has 0 aromatic heterocycles. The fourth-order valence-corrected chi connectivity index (χ4v) is 3.53. The summed E-state index contributed by atoms with van der Waals surface area (Å²) < 4.78 is 11.1. The largest absolute Gasteiger partial charge is 0.492 e. The van der Waals surface area contributed by atoms with E-state index in [0.29, 0.717) is 30.8 Å². The maximum atomic E-state index is 12.6. The number of nitrogens with zero attached hydrogens (tertiary/aromatic N) is 2. The van der Waals surface area contributed by atoms with Crippen molar-refractivity contribution in [3.8, 4) is 5.75 Å². The van der Waals surface area contributed by atoms with Crippen LogP contribution < -0.4 is 4.74 Å². The molecule has 2 fully saturated rings. The van der Waals surface area contributed by atoms with Gasteiger partial charge in [0.2, 0.25) is 5.91 Å². The van der Waals surface area contributed by atoms with Crippen LogP contribution in [0.1, 0.15) is 12.8 Å². The SMILES string of the molecule is O=C(C1CCCN(CCOc2cccc(Cl)c2)C1)N1CCOCC1. The first kappa shape index (κ1) is 17.5. The van der Waals surface area contributed by atoms with Crippen molar-refractivity contribution in [3.63, 3.8) is 0 Å². The molecule has 0 aliphatic carbocycles. The third-order valence-electron chi connectivity index (χ3n) is 4.65. The second-order valence-corrected chi connectivity index (χ2v) is 6.82. The van der Waals surface area contributed by atoms with Gasteiger partial charge in [0.1, 0.15) is 12.4 Å². The maximum absolute atomic E-state index is 12.6. The molecule has 0 radical (unpaired) electrons. The highest BCUT2D eigenvalue weighted by Crippen LogP contribution is 2.20. The number of likely N-dealkylation sites (tertiary alicyclic amines) is 1. The molecule has 0 saturated carbocycles. The highest BCUT2D eigenvalue weighted by molar-refractivity contribution is 6.30. The Morgan fingerprint density at radius 3 is 2.92 bits per heavy atom. The van der Waals surface area contributed by atoms with Crippen molar-refractivity contribution in [3.05, 3.63) is 29.3 Å². The number of piperidine rings is 1. The third kappa shape index (κ3) is 4.85. The van der Waals surface area contributed by atoms with E-state index in [1.165, 1.54) is 0 Å². The highest BCUT2D eigenvalue weighted by atomic mass is 35.5. The summed E-state index contributed by atoms with van der Waals surface area (Å²) in [4.78, 5) is 16.9. The number of rotatable bonds is 5. The van der Waals surface area contributed by atoms with E-state index >= 15 is 0 Å². The lowest BCUT2D eigenvalue weighted by Crippen LogP contribution is -2.48. The minimum atomic E-state index is 0.114. The van der Waals surface area contributed by atoms with Gasteiger partial charge >= 0.3 is 0 Å². The normalized spacial score (nSPS) is 22.4. The van der Waals surface area contributed by atoms with Crippen LogP contribution in [0.15, 0.2) is 24.3 Å². The molecule has 3 rings (SSSR count). The van der Waals surface area contributed by atoms with E-state index in [1.54, 1.807) is 0 Å². The smallest absolute Gasteiger partial charge is 0.227 e. The average Bonchev–Trinajstić information content (AvgIpc) is 2.62. The lowest BCUT2D eigenvalue weighted by Gasteiger charge is -2.36. The summed E-state index contributed by atoms with van der Waals surface area (Å²) in [6.07, 6.45) is 2.06. The molecule has 6 heteroatoms. The van der Waals surface area contributed by atoms with Gasteiger partial charge in [0, 0.05) is 31.2 Å². The Kier molecular flexibility index (Phi) is 6.35. The Hall–Kier alpha value is -1.30. The van der Waals surface area contributed by atoms with Crippen LogP contribution in [0.5, 0.6) is 5.75 Å². The van der Waals surface area contributed by atoms with E-state index in [-0.39, 0.29) is 5.92 Å². The number of halogens is 1. The number of carbonyl (C=O) groups excluding carboxylic acids is 1. The van der Waals surface area contributed by atoms with Gasteiger partial charge in [-0.25, -0.2) is 0 Å². The Morgan fingerprint density at radius 2 is 2.12 bits per heavy atom. The zero-order valence-electron chi connectivity index (χ0n) is 14.0. The summed E-state index contributed by atoms with van der Waals surface area (Å²) >= 11 is 5.96. The summed E-state index contributed by atoms with van der Waals surface area (Å²) in [5.41, 5.74) is 0. The molecule has 24 heavy (non-hydrogen) atoms. The van der Waals surface area contributed by atoms with Crippen LogP contribution in [0.2, 0.25) is 5.02 Å². The summed E-state index contributed by atoms with van der Waals surface area (Å²) in [5.74, 6) is 1.20. The first-order valence-corrected chi connectivity index (χ1v) is 9.07. The molecular formula is C18H25ClN2O3. The fourth-order valence-electron chi connectivity index (χ4n) is 3.35. The highest BCUT2D eigenvalue weighted by Gasteiger charge is 2.29. The van der Waals surface area contributed by atoms with Crippen LogP contribution in [-0.2, 0) is 9.53 Å². The molecule has 2 aliphatic heterocycles. The first-order valence-electron chi connectivity index (χ1n) is 8.69. The summed E-state index contributed by atoms with van der Waals surface area (Å²) in [5, 5.41) is 0.682. The van der Waals surface area contributed by atoms with Crippen molar-refractivity contribution in [2.45, 2.75) is 12.8 Å². The molecule has 0 bridgehead atoms. The fraction of sp³-hybridized carbons (Fsp3) is 0.611. The van der Waals surface area contributed by atoms with E-state index in [9.17, 15) is 4.79 Å². The number of benzene rings is 1. The zero-order valence-corrected chi connectivity index (χ0v) is 14.7. The van der Waals surface area contributed by atoms with Gasteiger partial charge in [-0.3, -0.25) is 9.69 Å². The van der Waals surface area contributed by atoms with Gasteiger partial charge in [0.15, 0.2) is 0 Å². The number of amides is 1. The predicted octanol–water partition coefficient (Wildman–Crippen LogP) is 2.29. The molecule has 0 N–H and O–H groups in total. The summed E-state index contributed by atoms with van der Waals surface area (Å²) in [7, 11) is 0. The lowest BCUT2D eigenvalue weighted by atomic mass is 9.96. The molecule has 2 aliphatic rings. The van der Waals surface area contributed by atoms with Crippen molar-refractivity contribution in [1.82, 2.24) is 9.80 Å². The molecule has 132 valence electrons. The van der Waals surface area contributed by atoms with Crippen LogP contribution in [0.25, 0.3) is 0 Å². The van der Waals surface area contributed by atoms with Crippen LogP contribution in [0.3, 0.4) is 0 Å². The zero-order chi connectivity index (χ0) is 16.8. The summed E-state index contributed by atoms with van der Waals surface area (Å²) in [6.45, 7) is 6.09. The van der Waals surface area contributed by atoms with Gasteiger partial charge < -0.3 is 14.4 Å². The van der Waals surface area contributed by atoms with Crippen molar-refractivity contribution in [2.75, 3.05) is 52.5 Å². The van der Waals surface area contributed by atoms with E-state index in [2.05, 4.69) is 4.90 Å². The molecule has 2 saturated heterocycles. The first-order chi connectivity index (χ1) is 11.7.